The monoisotopic (exact) mass is 286 g/mol. The molecular weight excluding hydrogens is 272 g/mol. The van der Waals surface area contributed by atoms with Crippen molar-refractivity contribution < 1.29 is 9.90 Å². The molecule has 0 aromatic carbocycles. The van der Waals surface area contributed by atoms with Crippen LogP contribution in [0.25, 0.3) is 0 Å². The molecule has 0 saturated carbocycles. The van der Waals surface area contributed by atoms with E-state index in [4.69, 9.17) is 5.11 Å². The molecule has 0 unspecified atom stereocenters. The lowest BCUT2D eigenvalue weighted by molar-refractivity contribution is 0.103. The van der Waals surface area contributed by atoms with Crippen LogP contribution in [0.4, 0.5) is 5.82 Å². The van der Waals surface area contributed by atoms with Crippen molar-refractivity contribution in [1.29, 1.82) is 0 Å². The molecule has 0 radical (unpaired) electrons. The van der Waals surface area contributed by atoms with Crippen molar-refractivity contribution in [2.75, 3.05) is 11.9 Å². The largest absolute Gasteiger partial charge is 0.395 e. The number of thiophene rings is 1. The maximum Gasteiger partial charge on any atom is 0.268 e. The van der Waals surface area contributed by atoms with E-state index in [2.05, 4.69) is 22.1 Å². The Hall–Kier alpha value is -2.16. The molecule has 0 aliphatic carbocycles. The molecule has 20 heavy (non-hydrogen) atoms. The highest BCUT2D eigenvalue weighted by molar-refractivity contribution is 7.12. The molecule has 5 heteroatoms. The number of aryl methyl sites for hydroxylation is 1. The summed E-state index contributed by atoms with van der Waals surface area (Å²) in [5.74, 6) is 6.06. The first kappa shape index (κ1) is 14.3. The summed E-state index contributed by atoms with van der Waals surface area (Å²) < 4.78 is 0. The molecule has 0 fully saturated rings. The summed E-state index contributed by atoms with van der Waals surface area (Å²) >= 11 is 1.34. The van der Waals surface area contributed by atoms with Crippen molar-refractivity contribution in [1.82, 2.24) is 4.98 Å². The molecule has 4 nitrogen and oxygen atoms in total. The Morgan fingerprint density at radius 1 is 1.50 bits per heavy atom. The SMILES string of the molecule is Cc1cccnc1NC(=O)c1sccc1C#CCCO. The van der Waals surface area contributed by atoms with Crippen molar-refractivity contribution >= 4 is 23.1 Å². The Bertz CT molecular complexity index is 668. The highest BCUT2D eigenvalue weighted by Gasteiger charge is 2.13. The second-order valence-electron chi connectivity index (χ2n) is 4.06. The number of pyridine rings is 1. The summed E-state index contributed by atoms with van der Waals surface area (Å²) in [5, 5.41) is 13.3. The molecule has 2 aromatic rings. The highest BCUT2D eigenvalue weighted by atomic mass is 32.1. The van der Waals surface area contributed by atoms with Crippen LogP contribution in [0, 0.1) is 18.8 Å². The third-order valence-corrected chi connectivity index (χ3v) is 3.49. The van der Waals surface area contributed by atoms with E-state index in [1.54, 1.807) is 12.3 Å². The smallest absolute Gasteiger partial charge is 0.268 e. The highest BCUT2D eigenvalue weighted by Crippen LogP contribution is 2.18. The number of hydrogen-bond donors (Lipinski definition) is 2. The molecule has 0 atom stereocenters. The van der Waals surface area contributed by atoms with Crippen LogP contribution in [0.15, 0.2) is 29.8 Å². The van der Waals surface area contributed by atoms with Crippen molar-refractivity contribution in [2.24, 2.45) is 0 Å². The van der Waals surface area contributed by atoms with Gasteiger partial charge < -0.3 is 10.4 Å². The topological polar surface area (TPSA) is 62.2 Å². The quantitative estimate of drug-likeness (QED) is 0.852. The number of aromatic nitrogens is 1. The van der Waals surface area contributed by atoms with Crippen molar-refractivity contribution in [2.45, 2.75) is 13.3 Å². The molecule has 0 spiro atoms. The van der Waals surface area contributed by atoms with Crippen molar-refractivity contribution in [3.8, 4) is 11.8 Å². The predicted molar refractivity (Wildman–Crippen MR) is 79.8 cm³/mol. The van der Waals surface area contributed by atoms with Gasteiger partial charge in [0.1, 0.15) is 10.7 Å². The number of aliphatic hydroxyl groups is 1. The molecule has 1 amide bonds. The summed E-state index contributed by atoms with van der Waals surface area (Å²) in [6.07, 6.45) is 2.04. The van der Waals surface area contributed by atoms with Crippen LogP contribution in [-0.4, -0.2) is 22.6 Å². The standard InChI is InChI=1S/C15H14N2O2S/c1-11-5-4-8-16-14(11)17-15(19)13-12(7-10-20-13)6-2-3-9-18/h4-5,7-8,10,18H,3,9H2,1H3,(H,16,17,19). The maximum absolute atomic E-state index is 12.2. The molecule has 2 N–H and O–H groups in total. The van der Waals surface area contributed by atoms with E-state index in [0.29, 0.717) is 22.7 Å². The fourth-order valence-corrected chi connectivity index (χ4v) is 2.32. The average molecular weight is 286 g/mol. The molecular formula is C15H14N2O2S. The minimum Gasteiger partial charge on any atom is -0.395 e. The Morgan fingerprint density at radius 3 is 3.10 bits per heavy atom. The molecule has 0 bridgehead atoms. The van der Waals surface area contributed by atoms with Gasteiger partial charge in [-0.2, -0.15) is 0 Å². The molecule has 2 aromatic heterocycles. The Morgan fingerprint density at radius 2 is 2.35 bits per heavy atom. The van der Waals surface area contributed by atoms with Crippen LogP contribution in [-0.2, 0) is 0 Å². The number of hydrogen-bond acceptors (Lipinski definition) is 4. The molecule has 2 rings (SSSR count). The summed E-state index contributed by atoms with van der Waals surface area (Å²) in [6, 6.07) is 5.51. The van der Waals surface area contributed by atoms with Crippen molar-refractivity contribution in [3.05, 3.63) is 45.8 Å². The second kappa shape index (κ2) is 6.85. The van der Waals surface area contributed by atoms with E-state index in [0.717, 1.165) is 5.56 Å². The fraction of sp³-hybridized carbons (Fsp3) is 0.200. The number of nitrogens with zero attached hydrogens (tertiary/aromatic N) is 1. The van der Waals surface area contributed by atoms with Gasteiger partial charge in [-0.1, -0.05) is 17.9 Å². The third-order valence-electron chi connectivity index (χ3n) is 2.57. The Balaban J connectivity index is 2.17. The van der Waals surface area contributed by atoms with E-state index >= 15 is 0 Å². The zero-order chi connectivity index (χ0) is 14.4. The number of carbonyl (C=O) groups is 1. The Kier molecular flexibility index (Phi) is 4.88. The van der Waals surface area contributed by atoms with E-state index in [1.807, 2.05) is 24.4 Å². The van der Waals surface area contributed by atoms with Gasteiger partial charge in [0.05, 0.1) is 6.61 Å². The number of amides is 1. The zero-order valence-corrected chi connectivity index (χ0v) is 11.8. The average Bonchev–Trinajstić information content (AvgIpc) is 2.90. The van der Waals surface area contributed by atoms with Crippen LogP contribution in [0.2, 0.25) is 0 Å². The van der Waals surface area contributed by atoms with E-state index in [9.17, 15) is 4.79 Å². The Labute approximate surface area is 121 Å². The lowest BCUT2D eigenvalue weighted by Gasteiger charge is -2.05. The van der Waals surface area contributed by atoms with Gasteiger partial charge in [-0.25, -0.2) is 4.98 Å². The number of nitrogens with one attached hydrogen (secondary N) is 1. The van der Waals surface area contributed by atoms with Gasteiger partial charge in [0, 0.05) is 18.2 Å². The molecule has 0 aliphatic rings. The number of carbonyl (C=O) groups excluding carboxylic acids is 1. The van der Waals surface area contributed by atoms with Gasteiger partial charge in [0.25, 0.3) is 5.91 Å². The van der Waals surface area contributed by atoms with Gasteiger partial charge in [-0.05, 0) is 30.0 Å². The van der Waals surface area contributed by atoms with Crippen LogP contribution in [0.5, 0.6) is 0 Å². The summed E-state index contributed by atoms with van der Waals surface area (Å²) in [7, 11) is 0. The van der Waals surface area contributed by atoms with Crippen LogP contribution in [0.1, 0.15) is 27.2 Å². The van der Waals surface area contributed by atoms with Crippen molar-refractivity contribution in [3.63, 3.8) is 0 Å². The van der Waals surface area contributed by atoms with Gasteiger partial charge in [-0.3, -0.25) is 4.79 Å². The normalized spacial score (nSPS) is 9.70. The first-order valence-electron chi connectivity index (χ1n) is 6.12. The minimum atomic E-state index is -0.213. The first-order valence-corrected chi connectivity index (χ1v) is 7.00. The minimum absolute atomic E-state index is 0.0196. The van der Waals surface area contributed by atoms with Gasteiger partial charge in [0.2, 0.25) is 0 Å². The number of aliphatic hydroxyl groups excluding tert-OH is 1. The summed E-state index contributed by atoms with van der Waals surface area (Å²) in [6.45, 7) is 1.91. The van der Waals surface area contributed by atoms with Crippen LogP contribution in [0.3, 0.4) is 0 Å². The number of anilines is 1. The molecule has 102 valence electrons. The van der Waals surface area contributed by atoms with Gasteiger partial charge in [-0.15, -0.1) is 11.3 Å². The zero-order valence-electron chi connectivity index (χ0n) is 11.0. The summed E-state index contributed by atoms with van der Waals surface area (Å²) in [5.41, 5.74) is 1.58. The lowest BCUT2D eigenvalue weighted by atomic mass is 10.2. The molecule has 2 heterocycles. The van der Waals surface area contributed by atoms with E-state index in [-0.39, 0.29) is 12.5 Å². The van der Waals surface area contributed by atoms with Gasteiger partial charge in [0.15, 0.2) is 0 Å². The fourth-order valence-electron chi connectivity index (χ4n) is 1.58. The van der Waals surface area contributed by atoms with E-state index < -0.39 is 0 Å². The van der Waals surface area contributed by atoms with Gasteiger partial charge >= 0.3 is 0 Å². The second-order valence-corrected chi connectivity index (χ2v) is 4.98. The van der Waals surface area contributed by atoms with E-state index in [1.165, 1.54) is 11.3 Å². The predicted octanol–water partition coefficient (Wildman–Crippen LogP) is 2.44. The lowest BCUT2D eigenvalue weighted by Crippen LogP contribution is -2.13. The third kappa shape index (κ3) is 3.44. The summed E-state index contributed by atoms with van der Waals surface area (Å²) in [4.78, 5) is 16.9. The first-order chi connectivity index (χ1) is 9.72. The van der Waals surface area contributed by atoms with Crippen LogP contribution < -0.4 is 5.32 Å². The maximum atomic E-state index is 12.2. The molecule has 0 saturated heterocycles. The molecule has 0 aliphatic heterocycles. The number of rotatable bonds is 3. The van der Waals surface area contributed by atoms with Crippen LogP contribution >= 0.6 is 11.3 Å².